The molecular formula is C18H23N3O3. The lowest BCUT2D eigenvalue weighted by Gasteiger charge is -2.33. The minimum absolute atomic E-state index is 0.0333. The number of hydrogen-bond donors (Lipinski definition) is 1. The lowest BCUT2D eigenvalue weighted by atomic mass is 10.1. The molecule has 0 saturated heterocycles. The van der Waals surface area contributed by atoms with Gasteiger partial charge in [-0.2, -0.15) is 0 Å². The van der Waals surface area contributed by atoms with Crippen molar-refractivity contribution >= 4 is 17.5 Å². The molecule has 0 aromatic heterocycles. The molecule has 0 unspecified atom stereocenters. The molecule has 2 aliphatic heterocycles. The summed E-state index contributed by atoms with van der Waals surface area (Å²) in [5.41, 5.74) is 2.01. The Kier molecular flexibility index (Phi) is 5.15. The molecule has 0 fully saturated rings. The Morgan fingerprint density at radius 3 is 2.92 bits per heavy atom. The highest BCUT2D eigenvalue weighted by molar-refractivity contribution is 5.96. The van der Waals surface area contributed by atoms with Crippen LogP contribution in [0.1, 0.15) is 13.3 Å². The highest BCUT2D eigenvalue weighted by Crippen LogP contribution is 2.31. The molecule has 2 aliphatic rings. The number of carbonyl (C=O) groups is 2. The fraction of sp³-hybridized carbons (Fsp3) is 0.444. The highest BCUT2D eigenvalue weighted by Gasteiger charge is 2.25. The Morgan fingerprint density at radius 1 is 1.25 bits per heavy atom. The van der Waals surface area contributed by atoms with E-state index >= 15 is 0 Å². The number of anilines is 1. The molecule has 0 saturated carbocycles. The molecule has 0 aliphatic carbocycles. The maximum atomic E-state index is 12.7. The van der Waals surface area contributed by atoms with Crippen LogP contribution >= 0.6 is 0 Å². The Labute approximate surface area is 142 Å². The summed E-state index contributed by atoms with van der Waals surface area (Å²) in [5.74, 6) is 0.822. The van der Waals surface area contributed by atoms with Crippen LogP contribution in [0.4, 0.5) is 5.69 Å². The lowest BCUT2D eigenvalue weighted by molar-refractivity contribution is -0.120. The van der Waals surface area contributed by atoms with Gasteiger partial charge in [0.15, 0.2) is 0 Å². The summed E-state index contributed by atoms with van der Waals surface area (Å²) in [5, 5.41) is 2.82. The number of hydrogen-bond acceptors (Lipinski definition) is 4. The van der Waals surface area contributed by atoms with Gasteiger partial charge in [0.2, 0.25) is 11.8 Å². The van der Waals surface area contributed by atoms with Crippen LogP contribution < -0.4 is 15.0 Å². The van der Waals surface area contributed by atoms with Gasteiger partial charge in [0, 0.05) is 26.6 Å². The molecule has 0 spiro atoms. The number of nitrogens with zero attached hydrogens (tertiary/aromatic N) is 2. The van der Waals surface area contributed by atoms with E-state index < -0.39 is 0 Å². The summed E-state index contributed by atoms with van der Waals surface area (Å²) < 4.78 is 5.61. The van der Waals surface area contributed by atoms with Gasteiger partial charge in [-0.15, -0.1) is 0 Å². The van der Waals surface area contributed by atoms with Gasteiger partial charge in [-0.05, 0) is 24.1 Å². The molecule has 1 aromatic rings. The van der Waals surface area contributed by atoms with Gasteiger partial charge in [-0.3, -0.25) is 14.5 Å². The molecular weight excluding hydrogens is 306 g/mol. The van der Waals surface area contributed by atoms with E-state index in [1.54, 1.807) is 0 Å². The molecule has 1 N–H and O–H groups in total. The molecule has 2 amide bonds. The molecule has 1 aromatic carbocycles. The van der Waals surface area contributed by atoms with E-state index in [-0.39, 0.29) is 11.8 Å². The number of amides is 2. The standard InChI is InChI=1S/C18H23N3O3/c1-14(22)19-11-15-5-4-8-20(12-15)13-18(23)21-9-10-24-17-7-3-2-6-16(17)21/h2-3,5-7H,4,8-13H2,1H3,(H,19,22). The number of nitrogens with one attached hydrogen (secondary N) is 1. The van der Waals surface area contributed by atoms with Crippen molar-refractivity contribution in [1.82, 2.24) is 10.2 Å². The Bertz CT molecular complexity index is 657. The van der Waals surface area contributed by atoms with Gasteiger partial charge in [0.25, 0.3) is 0 Å². The first-order valence-electron chi connectivity index (χ1n) is 8.30. The van der Waals surface area contributed by atoms with Crippen molar-refractivity contribution in [2.24, 2.45) is 0 Å². The fourth-order valence-corrected chi connectivity index (χ4v) is 3.09. The second-order valence-electron chi connectivity index (χ2n) is 6.13. The Morgan fingerprint density at radius 2 is 2.08 bits per heavy atom. The molecule has 0 atom stereocenters. The number of fused-ring (bicyclic) bond motifs is 1. The Balaban J connectivity index is 1.60. The van der Waals surface area contributed by atoms with Crippen molar-refractivity contribution in [3.05, 3.63) is 35.9 Å². The predicted octanol–water partition coefficient (Wildman–Crippen LogP) is 1.18. The number of para-hydroxylation sites is 2. The molecule has 0 radical (unpaired) electrons. The van der Waals surface area contributed by atoms with Crippen LogP contribution in [0.25, 0.3) is 0 Å². The van der Waals surface area contributed by atoms with Gasteiger partial charge >= 0.3 is 0 Å². The number of ether oxygens (including phenoxy) is 1. The SMILES string of the molecule is CC(=O)NCC1=CCCN(CC(=O)N2CCOc3ccccc32)C1. The third-order valence-electron chi connectivity index (χ3n) is 4.26. The summed E-state index contributed by atoms with van der Waals surface area (Å²) >= 11 is 0. The first-order chi connectivity index (χ1) is 11.6. The minimum Gasteiger partial charge on any atom is -0.490 e. The van der Waals surface area contributed by atoms with E-state index in [1.165, 1.54) is 6.92 Å². The maximum absolute atomic E-state index is 12.7. The maximum Gasteiger partial charge on any atom is 0.241 e. The van der Waals surface area contributed by atoms with Crippen LogP contribution in [-0.4, -0.2) is 56.0 Å². The quantitative estimate of drug-likeness (QED) is 0.843. The van der Waals surface area contributed by atoms with E-state index in [9.17, 15) is 9.59 Å². The predicted molar refractivity (Wildman–Crippen MR) is 92.1 cm³/mol. The van der Waals surface area contributed by atoms with Gasteiger partial charge in [0.1, 0.15) is 12.4 Å². The first kappa shape index (κ1) is 16.5. The third kappa shape index (κ3) is 3.94. The van der Waals surface area contributed by atoms with E-state index in [1.807, 2.05) is 29.2 Å². The summed E-state index contributed by atoms with van der Waals surface area (Å²) in [6.45, 7) is 5.14. The highest BCUT2D eigenvalue weighted by atomic mass is 16.5. The van der Waals surface area contributed by atoms with Crippen LogP contribution in [0, 0.1) is 0 Å². The van der Waals surface area contributed by atoms with Crippen molar-refractivity contribution in [3.63, 3.8) is 0 Å². The van der Waals surface area contributed by atoms with E-state index in [0.717, 1.165) is 36.5 Å². The molecule has 2 heterocycles. The van der Waals surface area contributed by atoms with Crippen LogP contribution in [-0.2, 0) is 9.59 Å². The molecule has 6 nitrogen and oxygen atoms in total. The Hall–Kier alpha value is -2.34. The minimum atomic E-state index is -0.0333. The smallest absolute Gasteiger partial charge is 0.241 e. The summed E-state index contributed by atoms with van der Waals surface area (Å²) in [6, 6.07) is 7.65. The van der Waals surface area contributed by atoms with Crippen LogP contribution in [0.3, 0.4) is 0 Å². The zero-order valence-corrected chi connectivity index (χ0v) is 14.0. The van der Waals surface area contributed by atoms with Crippen molar-refractivity contribution < 1.29 is 14.3 Å². The van der Waals surface area contributed by atoms with Crippen molar-refractivity contribution in [2.45, 2.75) is 13.3 Å². The van der Waals surface area contributed by atoms with E-state index in [2.05, 4.69) is 16.3 Å². The van der Waals surface area contributed by atoms with Crippen LogP contribution in [0.5, 0.6) is 5.75 Å². The number of rotatable bonds is 4. The zero-order chi connectivity index (χ0) is 16.9. The van der Waals surface area contributed by atoms with Crippen LogP contribution in [0.15, 0.2) is 35.9 Å². The molecule has 128 valence electrons. The van der Waals surface area contributed by atoms with Crippen molar-refractivity contribution in [3.8, 4) is 5.75 Å². The largest absolute Gasteiger partial charge is 0.490 e. The van der Waals surface area contributed by atoms with Gasteiger partial charge in [-0.1, -0.05) is 18.2 Å². The average Bonchev–Trinajstić information content (AvgIpc) is 2.60. The number of carbonyl (C=O) groups excluding carboxylic acids is 2. The van der Waals surface area contributed by atoms with E-state index in [4.69, 9.17) is 4.74 Å². The summed E-state index contributed by atoms with van der Waals surface area (Å²) in [6.07, 6.45) is 3.06. The topological polar surface area (TPSA) is 61.9 Å². The molecule has 6 heteroatoms. The normalized spacial score (nSPS) is 17.5. The van der Waals surface area contributed by atoms with Gasteiger partial charge in [0.05, 0.1) is 18.8 Å². The summed E-state index contributed by atoms with van der Waals surface area (Å²) in [7, 11) is 0. The van der Waals surface area contributed by atoms with E-state index in [0.29, 0.717) is 26.2 Å². The zero-order valence-electron chi connectivity index (χ0n) is 14.0. The second-order valence-corrected chi connectivity index (χ2v) is 6.13. The number of benzene rings is 1. The molecule has 0 bridgehead atoms. The molecule has 3 rings (SSSR count). The summed E-state index contributed by atoms with van der Waals surface area (Å²) in [4.78, 5) is 27.7. The van der Waals surface area contributed by atoms with Gasteiger partial charge in [-0.25, -0.2) is 0 Å². The first-order valence-corrected chi connectivity index (χ1v) is 8.30. The average molecular weight is 329 g/mol. The lowest BCUT2D eigenvalue weighted by Crippen LogP contribution is -2.45. The van der Waals surface area contributed by atoms with Crippen LogP contribution in [0.2, 0.25) is 0 Å². The fourth-order valence-electron chi connectivity index (χ4n) is 3.09. The second kappa shape index (κ2) is 7.49. The van der Waals surface area contributed by atoms with Gasteiger partial charge < -0.3 is 15.0 Å². The third-order valence-corrected chi connectivity index (χ3v) is 4.26. The monoisotopic (exact) mass is 329 g/mol. The van der Waals surface area contributed by atoms with Crippen molar-refractivity contribution in [1.29, 1.82) is 0 Å². The molecule has 24 heavy (non-hydrogen) atoms. The van der Waals surface area contributed by atoms with Crippen molar-refractivity contribution in [2.75, 3.05) is 44.2 Å².